The van der Waals surface area contributed by atoms with Gasteiger partial charge in [0.1, 0.15) is 12.4 Å². The summed E-state index contributed by atoms with van der Waals surface area (Å²) in [5, 5.41) is 18.2. The Balaban J connectivity index is 1.51. The van der Waals surface area contributed by atoms with E-state index in [0.717, 1.165) is 5.57 Å². The average Bonchev–Trinajstić information content (AvgIpc) is 3.18. The lowest BCUT2D eigenvalue weighted by molar-refractivity contribution is -0.141. The minimum atomic E-state index is -0.876. The molecule has 210 valence electrons. The number of carbonyl (C=O) groups is 5. The first kappa shape index (κ1) is 28.2. The van der Waals surface area contributed by atoms with E-state index in [2.05, 4.69) is 15.9 Å². The number of allylic oxidation sites excluding steroid dienone is 6. The number of amides is 2. The van der Waals surface area contributed by atoms with Crippen LogP contribution in [0.1, 0.15) is 50.0 Å². The van der Waals surface area contributed by atoms with Crippen LogP contribution in [0, 0.1) is 17.8 Å². The first-order valence-corrected chi connectivity index (χ1v) is 14.3. The van der Waals surface area contributed by atoms with Gasteiger partial charge in [0.05, 0.1) is 22.9 Å². The summed E-state index contributed by atoms with van der Waals surface area (Å²) in [6.07, 6.45) is 5.39. The number of Topliss-reactive ketones (excluding diaryl/α,β-unsaturated/α-hetero) is 1. The number of fused-ring (bicyclic) bond motifs is 3. The molecule has 4 aliphatic rings. The van der Waals surface area contributed by atoms with Gasteiger partial charge in [0.2, 0.25) is 11.8 Å². The molecule has 0 radical (unpaired) electrons. The van der Waals surface area contributed by atoms with E-state index in [1.54, 1.807) is 12.1 Å². The molecule has 5 rings (SSSR count). The SMILES string of the molecule is O=C(O)CCCCCN1C(=O)C2CC=C3C(c4ccccc4OCCO)C4=C(CC3C2C1=O)C(=O)C(Br)=CC4=O. The fourth-order valence-corrected chi connectivity index (χ4v) is 7.02. The van der Waals surface area contributed by atoms with E-state index in [-0.39, 0.29) is 60.5 Å². The molecule has 1 aromatic carbocycles. The first-order valence-electron chi connectivity index (χ1n) is 13.5. The highest BCUT2D eigenvalue weighted by Gasteiger charge is 2.56. The Bertz CT molecular complexity index is 1380. The second kappa shape index (κ2) is 11.6. The van der Waals surface area contributed by atoms with Crippen LogP contribution in [0.3, 0.4) is 0 Å². The molecular weight excluding hydrogens is 582 g/mol. The van der Waals surface area contributed by atoms with Crippen LogP contribution in [0.2, 0.25) is 0 Å². The number of nitrogens with zero attached hydrogens (tertiary/aromatic N) is 1. The van der Waals surface area contributed by atoms with Gasteiger partial charge in [0.25, 0.3) is 0 Å². The Morgan fingerprint density at radius 1 is 1.05 bits per heavy atom. The van der Waals surface area contributed by atoms with E-state index < -0.39 is 29.6 Å². The van der Waals surface area contributed by atoms with Crippen molar-refractivity contribution in [2.45, 2.75) is 44.4 Å². The number of carbonyl (C=O) groups excluding carboxylic acids is 4. The third-order valence-electron chi connectivity index (χ3n) is 8.27. The minimum Gasteiger partial charge on any atom is -0.491 e. The molecule has 1 aliphatic heterocycles. The summed E-state index contributed by atoms with van der Waals surface area (Å²) in [5.74, 6) is -3.79. The lowest BCUT2D eigenvalue weighted by Gasteiger charge is -2.42. The number of ketones is 2. The fourth-order valence-electron chi connectivity index (χ4n) is 6.58. The molecule has 1 heterocycles. The van der Waals surface area contributed by atoms with Crippen LogP contribution in [-0.4, -0.2) is 64.2 Å². The van der Waals surface area contributed by atoms with Crippen molar-refractivity contribution < 1.29 is 38.9 Å². The van der Waals surface area contributed by atoms with Crippen LogP contribution in [0.25, 0.3) is 0 Å². The standard InChI is InChI=1S/C30H30BrNO8/c31-21-15-22(34)27-20(28(21)37)14-19-16(25(27)17-6-3-4-7-23(17)40-13-12-33)9-10-18-26(19)30(39)32(29(18)38)11-5-1-2-8-24(35)36/h3-4,6-7,9,15,18-19,25-26,33H,1-2,5,8,10-14H2,(H,35,36). The zero-order valence-electron chi connectivity index (χ0n) is 21.8. The topological polar surface area (TPSA) is 138 Å². The second-order valence-electron chi connectivity index (χ2n) is 10.5. The van der Waals surface area contributed by atoms with Crippen LogP contribution in [0.4, 0.5) is 0 Å². The molecule has 0 aromatic heterocycles. The number of aliphatic hydroxyl groups excluding tert-OH is 1. The summed E-state index contributed by atoms with van der Waals surface area (Å²) in [7, 11) is 0. The maximum absolute atomic E-state index is 13.7. The Kier molecular flexibility index (Phi) is 8.19. The number of rotatable bonds is 10. The predicted octanol–water partition coefficient (Wildman–Crippen LogP) is 3.46. The quantitative estimate of drug-likeness (QED) is 0.177. The zero-order valence-corrected chi connectivity index (χ0v) is 23.4. The van der Waals surface area contributed by atoms with Gasteiger partial charge in [-0.2, -0.15) is 0 Å². The van der Waals surface area contributed by atoms with Crippen molar-refractivity contribution in [1.82, 2.24) is 4.90 Å². The van der Waals surface area contributed by atoms with Crippen molar-refractivity contribution in [3.8, 4) is 5.75 Å². The monoisotopic (exact) mass is 611 g/mol. The molecule has 2 amide bonds. The maximum Gasteiger partial charge on any atom is 0.303 e. The number of carboxylic acid groups (broad SMARTS) is 1. The summed E-state index contributed by atoms with van der Waals surface area (Å²) in [4.78, 5) is 65.9. The third-order valence-corrected chi connectivity index (χ3v) is 8.86. The lowest BCUT2D eigenvalue weighted by atomic mass is 9.59. The Morgan fingerprint density at radius 3 is 2.58 bits per heavy atom. The molecule has 1 aromatic rings. The van der Waals surface area contributed by atoms with Gasteiger partial charge >= 0.3 is 5.97 Å². The predicted molar refractivity (Wildman–Crippen MR) is 146 cm³/mol. The van der Waals surface area contributed by atoms with E-state index in [1.807, 2.05) is 18.2 Å². The number of unbranched alkanes of at least 4 members (excludes halogenated alkanes) is 2. The number of halogens is 1. The number of ether oxygens (including phenoxy) is 1. The molecule has 40 heavy (non-hydrogen) atoms. The first-order chi connectivity index (χ1) is 19.2. The van der Waals surface area contributed by atoms with E-state index in [9.17, 15) is 29.1 Å². The second-order valence-corrected chi connectivity index (χ2v) is 11.4. The summed E-state index contributed by atoms with van der Waals surface area (Å²) < 4.78 is 5.98. The van der Waals surface area contributed by atoms with Crippen molar-refractivity contribution in [2.75, 3.05) is 19.8 Å². The van der Waals surface area contributed by atoms with E-state index in [1.165, 1.54) is 11.0 Å². The molecule has 0 spiro atoms. The molecule has 9 nitrogen and oxygen atoms in total. The summed E-state index contributed by atoms with van der Waals surface area (Å²) in [5.41, 5.74) is 2.20. The Labute approximate surface area is 239 Å². The normalized spacial score (nSPS) is 25.8. The minimum absolute atomic E-state index is 0.0432. The molecule has 1 saturated heterocycles. The number of benzene rings is 1. The van der Waals surface area contributed by atoms with Gasteiger partial charge in [0, 0.05) is 41.7 Å². The van der Waals surface area contributed by atoms with Crippen molar-refractivity contribution in [3.63, 3.8) is 0 Å². The molecular formula is C30H30BrNO8. The Hall–Kier alpha value is -3.37. The number of hydrogen-bond acceptors (Lipinski definition) is 7. The lowest BCUT2D eigenvalue weighted by Crippen LogP contribution is -2.39. The molecule has 4 unspecified atom stereocenters. The molecule has 0 bridgehead atoms. The van der Waals surface area contributed by atoms with Crippen molar-refractivity contribution in [2.24, 2.45) is 17.8 Å². The highest BCUT2D eigenvalue weighted by molar-refractivity contribution is 9.12. The summed E-state index contributed by atoms with van der Waals surface area (Å²) in [6.45, 7) is 0.0840. The van der Waals surface area contributed by atoms with E-state index in [4.69, 9.17) is 9.84 Å². The highest BCUT2D eigenvalue weighted by atomic mass is 79.9. The third kappa shape index (κ3) is 4.99. The average molecular weight is 612 g/mol. The van der Waals surface area contributed by atoms with Crippen molar-refractivity contribution >= 4 is 45.3 Å². The number of imide groups is 1. The van der Waals surface area contributed by atoms with Crippen molar-refractivity contribution in [3.05, 3.63) is 63.2 Å². The van der Waals surface area contributed by atoms with Crippen LogP contribution >= 0.6 is 15.9 Å². The van der Waals surface area contributed by atoms with Gasteiger partial charge in [-0.25, -0.2) is 0 Å². The molecule has 1 fully saturated rings. The summed E-state index contributed by atoms with van der Waals surface area (Å²) >= 11 is 3.23. The summed E-state index contributed by atoms with van der Waals surface area (Å²) in [6, 6.07) is 7.18. The largest absolute Gasteiger partial charge is 0.491 e. The Morgan fingerprint density at radius 2 is 1.82 bits per heavy atom. The fraction of sp³-hybridized carbons (Fsp3) is 0.433. The highest BCUT2D eigenvalue weighted by Crippen LogP contribution is 2.56. The number of para-hydroxylation sites is 1. The zero-order chi connectivity index (χ0) is 28.6. The molecule has 2 N–H and O–H groups in total. The van der Waals surface area contributed by atoms with Crippen LogP contribution in [0.5, 0.6) is 5.75 Å². The number of aliphatic carboxylic acids is 1. The van der Waals surface area contributed by atoms with Crippen LogP contribution < -0.4 is 4.74 Å². The van der Waals surface area contributed by atoms with E-state index >= 15 is 0 Å². The molecule has 4 atom stereocenters. The number of carboxylic acids is 1. The van der Waals surface area contributed by atoms with Gasteiger partial charge in [-0.15, -0.1) is 0 Å². The number of hydrogen-bond donors (Lipinski definition) is 2. The van der Waals surface area contributed by atoms with E-state index in [0.29, 0.717) is 48.1 Å². The number of aliphatic hydroxyl groups is 1. The number of likely N-dealkylation sites (tertiary alicyclic amines) is 1. The van der Waals surface area contributed by atoms with Gasteiger partial charge in [-0.3, -0.25) is 28.9 Å². The van der Waals surface area contributed by atoms with Crippen LogP contribution in [-0.2, 0) is 24.0 Å². The van der Waals surface area contributed by atoms with Crippen LogP contribution in [0.15, 0.2) is 57.6 Å². The maximum atomic E-state index is 13.7. The van der Waals surface area contributed by atoms with Gasteiger partial charge in [-0.05, 0) is 53.6 Å². The smallest absolute Gasteiger partial charge is 0.303 e. The van der Waals surface area contributed by atoms with Crippen molar-refractivity contribution in [1.29, 1.82) is 0 Å². The van der Waals surface area contributed by atoms with Gasteiger partial charge < -0.3 is 14.9 Å². The van der Waals surface area contributed by atoms with Gasteiger partial charge in [-0.1, -0.05) is 36.3 Å². The molecule has 10 heteroatoms. The molecule has 3 aliphatic carbocycles. The van der Waals surface area contributed by atoms with Gasteiger partial charge in [0.15, 0.2) is 11.6 Å². The molecule has 0 saturated carbocycles.